The topological polar surface area (TPSA) is 3.24 Å². The molecule has 0 heterocycles. The van der Waals surface area contributed by atoms with Gasteiger partial charge in [-0.2, -0.15) is 0 Å². The molecule has 0 unspecified atom stereocenters. The minimum Gasteiger partial charge on any atom is -0.311 e. The SMILES string of the molecule is c1ccc(N(c2ccccc2)c2ccc(-c3ccc4cc(-c5ccc6c(ccc7c8ccccc8ccc67)c5)ccc4c3)cc2)cc1. The number of anilines is 3. The molecule has 1 nitrogen and oxygen atoms in total. The maximum absolute atomic E-state index is 2.33. The quantitative estimate of drug-likeness (QED) is 0.178. The zero-order valence-corrected chi connectivity index (χ0v) is 25.8. The van der Waals surface area contributed by atoms with Gasteiger partial charge in [-0.15, -0.1) is 0 Å². The van der Waals surface area contributed by atoms with Crippen LogP contribution in [0.2, 0.25) is 0 Å². The van der Waals surface area contributed by atoms with E-state index >= 15 is 0 Å². The van der Waals surface area contributed by atoms with E-state index in [1.54, 1.807) is 0 Å². The molecule has 220 valence electrons. The first kappa shape index (κ1) is 27.2. The van der Waals surface area contributed by atoms with Gasteiger partial charge in [0.05, 0.1) is 0 Å². The van der Waals surface area contributed by atoms with Crippen molar-refractivity contribution in [2.45, 2.75) is 0 Å². The second-order valence-corrected chi connectivity index (χ2v) is 12.2. The van der Waals surface area contributed by atoms with Crippen molar-refractivity contribution in [3.63, 3.8) is 0 Å². The van der Waals surface area contributed by atoms with Gasteiger partial charge in [-0.05, 0) is 120 Å². The lowest BCUT2D eigenvalue weighted by Crippen LogP contribution is -2.09. The molecule has 9 rings (SSSR count). The number of hydrogen-bond acceptors (Lipinski definition) is 1. The molecule has 0 fully saturated rings. The van der Waals surface area contributed by atoms with Crippen molar-refractivity contribution in [1.82, 2.24) is 0 Å². The third-order valence-corrected chi connectivity index (χ3v) is 9.40. The number of para-hydroxylation sites is 2. The molecule has 9 aromatic carbocycles. The van der Waals surface area contributed by atoms with E-state index in [0.29, 0.717) is 0 Å². The lowest BCUT2D eigenvalue weighted by atomic mass is 9.94. The Morgan fingerprint density at radius 3 is 1.28 bits per heavy atom. The van der Waals surface area contributed by atoms with E-state index in [2.05, 4.69) is 193 Å². The van der Waals surface area contributed by atoms with Crippen LogP contribution < -0.4 is 4.90 Å². The number of fused-ring (bicyclic) bond motifs is 6. The van der Waals surface area contributed by atoms with Gasteiger partial charge in [0.25, 0.3) is 0 Å². The summed E-state index contributed by atoms with van der Waals surface area (Å²) in [5, 5.41) is 10.2. The van der Waals surface area contributed by atoms with Crippen molar-refractivity contribution in [2.24, 2.45) is 0 Å². The van der Waals surface area contributed by atoms with Crippen LogP contribution in [0.4, 0.5) is 17.1 Å². The largest absolute Gasteiger partial charge is 0.311 e. The minimum absolute atomic E-state index is 1.13. The predicted octanol–water partition coefficient (Wildman–Crippen LogP) is 13.1. The lowest BCUT2D eigenvalue weighted by Gasteiger charge is -2.25. The smallest absolute Gasteiger partial charge is 0.0462 e. The molecule has 1 heteroatoms. The summed E-state index contributed by atoms with van der Waals surface area (Å²) in [6.07, 6.45) is 0. The lowest BCUT2D eigenvalue weighted by molar-refractivity contribution is 1.28. The highest BCUT2D eigenvalue weighted by molar-refractivity contribution is 6.17. The second kappa shape index (κ2) is 11.3. The number of nitrogens with zero attached hydrogens (tertiary/aromatic N) is 1. The Bertz CT molecular complexity index is 2510. The molecule has 0 aliphatic heterocycles. The summed E-state index contributed by atoms with van der Waals surface area (Å²) in [4.78, 5) is 2.29. The van der Waals surface area contributed by atoms with Gasteiger partial charge < -0.3 is 4.90 Å². The zero-order valence-electron chi connectivity index (χ0n) is 25.8. The van der Waals surface area contributed by atoms with Gasteiger partial charge in [-0.1, -0.05) is 133 Å². The van der Waals surface area contributed by atoms with Crippen LogP contribution >= 0.6 is 0 Å². The van der Waals surface area contributed by atoms with Crippen LogP contribution in [-0.4, -0.2) is 0 Å². The van der Waals surface area contributed by atoms with E-state index in [4.69, 9.17) is 0 Å². The van der Waals surface area contributed by atoms with Gasteiger partial charge in [-0.3, -0.25) is 0 Å². The summed E-state index contributed by atoms with van der Waals surface area (Å²) in [7, 11) is 0. The van der Waals surface area contributed by atoms with Crippen LogP contribution in [0.1, 0.15) is 0 Å². The third-order valence-electron chi connectivity index (χ3n) is 9.40. The molecule has 0 aliphatic carbocycles. The summed E-state index contributed by atoms with van der Waals surface area (Å²) in [5.41, 5.74) is 8.30. The average Bonchev–Trinajstić information content (AvgIpc) is 3.15. The van der Waals surface area contributed by atoms with Gasteiger partial charge in [0.1, 0.15) is 0 Å². The molecule has 47 heavy (non-hydrogen) atoms. The van der Waals surface area contributed by atoms with Crippen molar-refractivity contribution in [2.75, 3.05) is 4.90 Å². The average molecular weight is 598 g/mol. The third kappa shape index (κ3) is 4.90. The first-order chi connectivity index (χ1) is 23.3. The monoisotopic (exact) mass is 597 g/mol. The summed E-state index contributed by atoms with van der Waals surface area (Å²) < 4.78 is 0. The fourth-order valence-corrected chi connectivity index (χ4v) is 7.02. The molecule has 0 saturated heterocycles. The predicted molar refractivity (Wildman–Crippen MR) is 202 cm³/mol. The maximum atomic E-state index is 2.33. The van der Waals surface area contributed by atoms with Crippen LogP contribution in [0.15, 0.2) is 188 Å². The Kier molecular flexibility index (Phi) is 6.54. The van der Waals surface area contributed by atoms with Crippen LogP contribution in [-0.2, 0) is 0 Å². The van der Waals surface area contributed by atoms with Gasteiger partial charge >= 0.3 is 0 Å². The Hall–Kier alpha value is -6.18. The highest BCUT2D eigenvalue weighted by atomic mass is 15.1. The molecule has 0 spiro atoms. The standard InChI is InChI=1S/C46H31N/c1-3-10-40(11-4-1)47(41-12-5-2-6-13-41)42-24-19-32(20-25-42)34-15-16-36-30-37(18-17-35(36)29-34)38-22-26-44-39(31-38)23-28-45-43-14-8-7-9-33(43)21-27-46(44)45/h1-31H. The maximum Gasteiger partial charge on any atom is 0.0462 e. The molecule has 0 aliphatic rings. The van der Waals surface area contributed by atoms with Crippen LogP contribution in [0.25, 0.3) is 65.3 Å². The van der Waals surface area contributed by atoms with E-state index < -0.39 is 0 Å². The zero-order chi connectivity index (χ0) is 31.2. The van der Waals surface area contributed by atoms with Gasteiger partial charge in [-0.25, -0.2) is 0 Å². The Morgan fingerprint density at radius 2 is 0.638 bits per heavy atom. The number of rotatable bonds is 5. The molecule has 0 amide bonds. The van der Waals surface area contributed by atoms with Crippen molar-refractivity contribution in [3.05, 3.63) is 188 Å². The highest BCUT2D eigenvalue weighted by Gasteiger charge is 2.12. The molecule has 9 aromatic rings. The van der Waals surface area contributed by atoms with E-state index in [0.717, 1.165) is 17.1 Å². The van der Waals surface area contributed by atoms with Crippen LogP contribution in [0.5, 0.6) is 0 Å². The van der Waals surface area contributed by atoms with Crippen molar-refractivity contribution < 1.29 is 0 Å². The Balaban J connectivity index is 1.03. The number of benzene rings is 9. The van der Waals surface area contributed by atoms with Crippen molar-refractivity contribution in [3.8, 4) is 22.3 Å². The van der Waals surface area contributed by atoms with Crippen LogP contribution in [0.3, 0.4) is 0 Å². The summed E-state index contributed by atoms with van der Waals surface area (Å²) in [6.45, 7) is 0. The van der Waals surface area contributed by atoms with E-state index in [-0.39, 0.29) is 0 Å². The van der Waals surface area contributed by atoms with E-state index in [1.807, 2.05) is 0 Å². The molecule has 0 aromatic heterocycles. The molecule has 0 N–H and O–H groups in total. The van der Waals surface area contributed by atoms with Crippen molar-refractivity contribution in [1.29, 1.82) is 0 Å². The molecule has 0 saturated carbocycles. The van der Waals surface area contributed by atoms with Crippen molar-refractivity contribution >= 4 is 60.2 Å². The Labute approximate surface area is 274 Å². The normalized spacial score (nSPS) is 11.4. The summed E-state index contributed by atoms with van der Waals surface area (Å²) >= 11 is 0. The highest BCUT2D eigenvalue weighted by Crippen LogP contribution is 2.37. The second-order valence-electron chi connectivity index (χ2n) is 12.2. The fourth-order valence-electron chi connectivity index (χ4n) is 7.02. The summed E-state index contributed by atoms with van der Waals surface area (Å²) in [6, 6.07) is 68.2. The number of hydrogen-bond donors (Lipinski definition) is 0. The summed E-state index contributed by atoms with van der Waals surface area (Å²) in [5.74, 6) is 0. The fraction of sp³-hybridized carbons (Fsp3) is 0. The minimum atomic E-state index is 1.13. The van der Waals surface area contributed by atoms with Gasteiger partial charge in [0.2, 0.25) is 0 Å². The van der Waals surface area contributed by atoms with Gasteiger partial charge in [0.15, 0.2) is 0 Å². The molecular formula is C46H31N. The molecule has 0 bridgehead atoms. The first-order valence-corrected chi connectivity index (χ1v) is 16.2. The van der Waals surface area contributed by atoms with Crippen LogP contribution in [0, 0.1) is 0 Å². The van der Waals surface area contributed by atoms with E-state index in [9.17, 15) is 0 Å². The molecular weight excluding hydrogens is 567 g/mol. The Morgan fingerprint density at radius 1 is 0.234 bits per heavy atom. The van der Waals surface area contributed by atoms with Gasteiger partial charge in [0, 0.05) is 17.1 Å². The molecule has 0 radical (unpaired) electrons. The first-order valence-electron chi connectivity index (χ1n) is 16.2. The van der Waals surface area contributed by atoms with E-state index in [1.165, 1.54) is 65.3 Å². The molecule has 0 atom stereocenters.